The number of rotatable bonds is 5. The number of esters is 1. The molecule has 0 spiro atoms. The van der Waals surface area contributed by atoms with Crippen LogP contribution in [-0.2, 0) is 4.79 Å². The summed E-state index contributed by atoms with van der Waals surface area (Å²) in [4.78, 5) is 12.0. The third kappa shape index (κ3) is 2.93. The van der Waals surface area contributed by atoms with Crippen molar-refractivity contribution >= 4 is 5.97 Å². The van der Waals surface area contributed by atoms with Crippen LogP contribution in [0, 0.1) is 23.2 Å². The molecule has 0 heterocycles. The highest BCUT2D eigenvalue weighted by atomic mass is 16.5. The summed E-state index contributed by atoms with van der Waals surface area (Å²) in [7, 11) is 0. The summed E-state index contributed by atoms with van der Waals surface area (Å²) in [6.45, 7) is 0. The molecule has 1 aromatic rings. The maximum absolute atomic E-state index is 12.0. The molecule has 0 aliphatic heterocycles. The van der Waals surface area contributed by atoms with E-state index < -0.39 is 0 Å². The minimum Gasteiger partial charge on any atom is -0.427 e. The molecule has 0 atom stereocenters. The Morgan fingerprint density at radius 1 is 1.00 bits per heavy atom. The molecule has 4 saturated carbocycles. The van der Waals surface area contributed by atoms with Gasteiger partial charge in [-0.2, -0.15) is 0 Å². The van der Waals surface area contributed by atoms with Crippen molar-refractivity contribution in [1.82, 2.24) is 0 Å². The number of ether oxygens (including phenoxy) is 1. The lowest BCUT2D eigenvalue weighted by atomic mass is 9.48. The molecule has 0 aromatic heterocycles. The Morgan fingerprint density at radius 3 is 2.18 bits per heavy atom. The molecule has 2 heteroatoms. The van der Waals surface area contributed by atoms with Crippen LogP contribution < -0.4 is 4.74 Å². The molecular formula is C20H26O2. The zero-order valence-corrected chi connectivity index (χ0v) is 13.3. The number of hydrogen-bond acceptors (Lipinski definition) is 2. The Bertz CT molecular complexity index is 499. The number of carbonyl (C=O) groups excluding carboxylic acids is 1. The van der Waals surface area contributed by atoms with E-state index in [1.54, 1.807) is 0 Å². The third-order valence-corrected chi connectivity index (χ3v) is 6.23. The van der Waals surface area contributed by atoms with E-state index in [1.165, 1.54) is 44.9 Å². The highest BCUT2D eigenvalue weighted by molar-refractivity contribution is 5.72. The van der Waals surface area contributed by atoms with E-state index in [-0.39, 0.29) is 5.97 Å². The van der Waals surface area contributed by atoms with Gasteiger partial charge in [-0.3, -0.25) is 4.79 Å². The van der Waals surface area contributed by atoms with Crippen LogP contribution in [0.3, 0.4) is 0 Å². The van der Waals surface area contributed by atoms with E-state index in [9.17, 15) is 4.79 Å². The fourth-order valence-electron chi connectivity index (χ4n) is 5.87. The van der Waals surface area contributed by atoms with E-state index >= 15 is 0 Å². The van der Waals surface area contributed by atoms with Crippen molar-refractivity contribution in [3.63, 3.8) is 0 Å². The highest BCUT2D eigenvalue weighted by Gasteiger charge is 2.50. The first-order chi connectivity index (χ1) is 10.7. The van der Waals surface area contributed by atoms with Crippen LogP contribution in [0.1, 0.15) is 57.8 Å². The number of carbonyl (C=O) groups is 1. The van der Waals surface area contributed by atoms with E-state index in [2.05, 4.69) is 0 Å². The molecule has 22 heavy (non-hydrogen) atoms. The Morgan fingerprint density at radius 2 is 1.59 bits per heavy atom. The quantitative estimate of drug-likeness (QED) is 0.566. The molecule has 0 radical (unpaired) electrons. The molecule has 2 nitrogen and oxygen atoms in total. The van der Waals surface area contributed by atoms with E-state index in [0.717, 1.165) is 24.2 Å². The zero-order valence-electron chi connectivity index (χ0n) is 13.3. The first kappa shape index (κ1) is 14.3. The minimum atomic E-state index is -0.0732. The van der Waals surface area contributed by atoms with Gasteiger partial charge in [0.05, 0.1) is 0 Å². The maximum atomic E-state index is 12.0. The predicted molar refractivity (Wildman–Crippen MR) is 86.5 cm³/mol. The third-order valence-electron chi connectivity index (χ3n) is 6.23. The first-order valence-corrected chi connectivity index (χ1v) is 8.97. The fraction of sp³-hybridized carbons (Fsp3) is 0.650. The van der Waals surface area contributed by atoms with Gasteiger partial charge in [0.15, 0.2) is 0 Å². The van der Waals surface area contributed by atoms with Crippen LogP contribution in [0.2, 0.25) is 0 Å². The minimum absolute atomic E-state index is 0.0732. The molecule has 4 bridgehead atoms. The molecule has 4 fully saturated rings. The predicted octanol–water partition coefficient (Wildman–Crippen LogP) is 4.98. The van der Waals surface area contributed by atoms with Gasteiger partial charge in [0.1, 0.15) is 5.75 Å². The summed E-state index contributed by atoms with van der Waals surface area (Å²) in [5.74, 6) is 3.60. The summed E-state index contributed by atoms with van der Waals surface area (Å²) in [6, 6.07) is 9.43. The molecule has 4 aliphatic rings. The Balaban J connectivity index is 1.27. The first-order valence-electron chi connectivity index (χ1n) is 8.97. The molecule has 118 valence electrons. The van der Waals surface area contributed by atoms with Gasteiger partial charge in [0, 0.05) is 6.42 Å². The number of benzene rings is 1. The summed E-state index contributed by atoms with van der Waals surface area (Å²) in [5, 5.41) is 0. The van der Waals surface area contributed by atoms with E-state index in [4.69, 9.17) is 4.74 Å². The Hall–Kier alpha value is -1.31. The molecule has 0 unspecified atom stereocenters. The monoisotopic (exact) mass is 298 g/mol. The second-order valence-electron chi connectivity index (χ2n) is 8.06. The standard InChI is InChI=1S/C20H26O2/c21-19(22-18-5-2-1-3-6-18)7-4-8-20-12-15-9-16(13-20)11-17(10-15)14-20/h1-3,5-6,15-17H,4,7-14H2. The van der Waals surface area contributed by atoms with Crippen molar-refractivity contribution in [1.29, 1.82) is 0 Å². The van der Waals surface area contributed by atoms with E-state index in [1.807, 2.05) is 30.3 Å². The normalized spacial score (nSPS) is 35.5. The smallest absolute Gasteiger partial charge is 0.311 e. The van der Waals surface area contributed by atoms with Gasteiger partial charge < -0.3 is 4.74 Å². The van der Waals surface area contributed by atoms with Gasteiger partial charge in [0.2, 0.25) is 0 Å². The lowest BCUT2D eigenvalue weighted by Gasteiger charge is -2.57. The summed E-state index contributed by atoms with van der Waals surface area (Å²) in [6.07, 6.45) is 11.6. The zero-order chi connectivity index (χ0) is 15.0. The Kier molecular flexibility index (Phi) is 3.71. The van der Waals surface area contributed by atoms with Gasteiger partial charge >= 0.3 is 5.97 Å². The van der Waals surface area contributed by atoms with Gasteiger partial charge in [-0.25, -0.2) is 0 Å². The second kappa shape index (κ2) is 5.72. The lowest BCUT2D eigenvalue weighted by Crippen LogP contribution is -2.45. The molecule has 0 amide bonds. The van der Waals surface area contributed by atoms with Crippen LogP contribution in [0.5, 0.6) is 5.75 Å². The molecule has 5 rings (SSSR count). The average Bonchev–Trinajstić information content (AvgIpc) is 2.46. The second-order valence-corrected chi connectivity index (χ2v) is 8.06. The fourth-order valence-corrected chi connectivity index (χ4v) is 5.87. The van der Waals surface area contributed by atoms with Crippen LogP contribution in [-0.4, -0.2) is 5.97 Å². The molecule has 0 N–H and O–H groups in total. The summed E-state index contributed by atoms with van der Waals surface area (Å²) >= 11 is 0. The van der Waals surface area contributed by atoms with Gasteiger partial charge in [-0.05, 0) is 86.7 Å². The average molecular weight is 298 g/mol. The lowest BCUT2D eigenvalue weighted by molar-refractivity contribution is -0.134. The molecular weight excluding hydrogens is 272 g/mol. The van der Waals surface area contributed by atoms with Crippen LogP contribution in [0.15, 0.2) is 30.3 Å². The SMILES string of the molecule is O=C(CCCC12CC3CC(CC(C3)C1)C2)Oc1ccccc1. The van der Waals surface area contributed by atoms with Gasteiger partial charge in [-0.1, -0.05) is 18.2 Å². The molecule has 0 saturated heterocycles. The molecule has 4 aliphatic carbocycles. The number of hydrogen-bond donors (Lipinski definition) is 0. The van der Waals surface area contributed by atoms with Gasteiger partial charge in [0.25, 0.3) is 0 Å². The van der Waals surface area contributed by atoms with Crippen molar-refractivity contribution in [3.05, 3.63) is 30.3 Å². The van der Waals surface area contributed by atoms with Crippen molar-refractivity contribution in [3.8, 4) is 5.75 Å². The van der Waals surface area contributed by atoms with Crippen molar-refractivity contribution in [2.24, 2.45) is 23.2 Å². The van der Waals surface area contributed by atoms with E-state index in [0.29, 0.717) is 17.6 Å². The molecule has 1 aromatic carbocycles. The van der Waals surface area contributed by atoms with Crippen LogP contribution in [0.25, 0.3) is 0 Å². The highest BCUT2D eigenvalue weighted by Crippen LogP contribution is 2.61. The maximum Gasteiger partial charge on any atom is 0.311 e. The largest absolute Gasteiger partial charge is 0.427 e. The number of para-hydroxylation sites is 1. The summed E-state index contributed by atoms with van der Waals surface area (Å²) < 4.78 is 5.40. The van der Waals surface area contributed by atoms with Crippen molar-refractivity contribution < 1.29 is 9.53 Å². The van der Waals surface area contributed by atoms with Gasteiger partial charge in [-0.15, -0.1) is 0 Å². The van der Waals surface area contributed by atoms with Crippen LogP contribution in [0.4, 0.5) is 0 Å². The van der Waals surface area contributed by atoms with Crippen molar-refractivity contribution in [2.75, 3.05) is 0 Å². The topological polar surface area (TPSA) is 26.3 Å². The Labute approximate surface area is 133 Å². The summed E-state index contributed by atoms with van der Waals surface area (Å²) in [5.41, 5.74) is 0.585. The van der Waals surface area contributed by atoms with Crippen molar-refractivity contribution in [2.45, 2.75) is 57.8 Å². The van der Waals surface area contributed by atoms with Crippen LogP contribution >= 0.6 is 0 Å².